The van der Waals surface area contributed by atoms with E-state index >= 15 is 0 Å². The molecule has 3 rings (SSSR count). The van der Waals surface area contributed by atoms with Crippen molar-refractivity contribution in [3.63, 3.8) is 0 Å². The normalized spacial score (nSPS) is 13.1. The third kappa shape index (κ3) is 3.32. The van der Waals surface area contributed by atoms with Crippen molar-refractivity contribution in [1.29, 1.82) is 0 Å². The van der Waals surface area contributed by atoms with Gasteiger partial charge in [0.2, 0.25) is 0 Å². The van der Waals surface area contributed by atoms with Crippen LogP contribution in [0.15, 0.2) is 39.3 Å². The average Bonchev–Trinajstić information content (AvgIpc) is 2.48. The molecule has 1 N–H and O–H groups in total. The highest BCUT2D eigenvalue weighted by atomic mass is 79.9. The van der Waals surface area contributed by atoms with E-state index in [1.807, 2.05) is 12.1 Å². The van der Waals surface area contributed by atoms with Crippen molar-refractivity contribution in [3.05, 3.63) is 50.7 Å². The lowest BCUT2D eigenvalue weighted by atomic mass is 10.2. The summed E-state index contributed by atoms with van der Waals surface area (Å²) >= 11 is 6.88. The molecule has 0 aromatic heterocycles. The zero-order valence-corrected chi connectivity index (χ0v) is 14.1. The highest BCUT2D eigenvalue weighted by Gasteiger charge is 2.16. The molecule has 1 aliphatic rings. The van der Waals surface area contributed by atoms with Crippen molar-refractivity contribution in [3.8, 4) is 11.5 Å². The van der Waals surface area contributed by atoms with Crippen LogP contribution in [0, 0.1) is 5.82 Å². The average molecular weight is 417 g/mol. The number of halogens is 3. The first-order valence-corrected chi connectivity index (χ1v) is 7.99. The molecular formula is C15H12Br2FNO2. The van der Waals surface area contributed by atoms with E-state index < -0.39 is 0 Å². The zero-order chi connectivity index (χ0) is 14.8. The number of anilines is 1. The second-order valence-electron chi connectivity index (χ2n) is 4.58. The quantitative estimate of drug-likeness (QED) is 0.784. The molecule has 0 radical (unpaired) electrons. The Hall–Kier alpha value is -1.27. The lowest BCUT2D eigenvalue weighted by molar-refractivity contribution is 0.170. The summed E-state index contributed by atoms with van der Waals surface area (Å²) in [6, 6.07) is 8.44. The van der Waals surface area contributed by atoms with Crippen LogP contribution in [0.3, 0.4) is 0 Å². The van der Waals surface area contributed by atoms with Crippen LogP contribution >= 0.6 is 31.9 Å². The molecule has 6 heteroatoms. The molecule has 0 amide bonds. The van der Waals surface area contributed by atoms with Gasteiger partial charge in [0.1, 0.15) is 19.0 Å². The Balaban J connectivity index is 1.79. The Kier molecular flexibility index (Phi) is 4.35. The van der Waals surface area contributed by atoms with Crippen LogP contribution in [0.2, 0.25) is 0 Å². The van der Waals surface area contributed by atoms with Gasteiger partial charge in [0.25, 0.3) is 0 Å². The summed E-state index contributed by atoms with van der Waals surface area (Å²) in [6.45, 7) is 1.66. The summed E-state index contributed by atoms with van der Waals surface area (Å²) < 4.78 is 26.1. The number of nitrogens with one attached hydrogen (secondary N) is 1. The molecular weight excluding hydrogens is 405 g/mol. The summed E-state index contributed by atoms with van der Waals surface area (Å²) in [5.74, 6) is 1.19. The van der Waals surface area contributed by atoms with Crippen molar-refractivity contribution >= 4 is 37.5 Å². The van der Waals surface area contributed by atoms with Gasteiger partial charge in [0.05, 0.1) is 10.2 Å². The summed E-state index contributed by atoms with van der Waals surface area (Å²) in [7, 11) is 0. The van der Waals surface area contributed by atoms with Crippen LogP contribution in [0.5, 0.6) is 11.5 Å². The lowest BCUT2D eigenvalue weighted by Crippen LogP contribution is -2.16. The highest BCUT2D eigenvalue weighted by molar-refractivity contribution is 9.11. The summed E-state index contributed by atoms with van der Waals surface area (Å²) in [6.07, 6.45) is 0. The van der Waals surface area contributed by atoms with Crippen molar-refractivity contribution in [2.24, 2.45) is 0 Å². The molecule has 0 bridgehead atoms. The van der Waals surface area contributed by atoms with Crippen molar-refractivity contribution in [2.45, 2.75) is 6.54 Å². The Morgan fingerprint density at radius 3 is 2.71 bits per heavy atom. The van der Waals surface area contributed by atoms with Gasteiger partial charge in [-0.15, -0.1) is 0 Å². The van der Waals surface area contributed by atoms with Crippen molar-refractivity contribution in [1.82, 2.24) is 0 Å². The minimum Gasteiger partial charge on any atom is -0.486 e. The lowest BCUT2D eigenvalue weighted by Gasteiger charge is -2.20. The first-order valence-electron chi connectivity index (χ1n) is 6.40. The van der Waals surface area contributed by atoms with Crippen LogP contribution < -0.4 is 14.8 Å². The van der Waals surface area contributed by atoms with E-state index in [-0.39, 0.29) is 5.82 Å². The van der Waals surface area contributed by atoms with Gasteiger partial charge in [-0.25, -0.2) is 4.39 Å². The van der Waals surface area contributed by atoms with Gasteiger partial charge >= 0.3 is 0 Å². The van der Waals surface area contributed by atoms with E-state index in [0.717, 1.165) is 26.0 Å². The maximum Gasteiger partial charge on any atom is 0.175 e. The largest absolute Gasteiger partial charge is 0.486 e. The molecule has 21 heavy (non-hydrogen) atoms. The van der Waals surface area contributed by atoms with Crippen LogP contribution in [0.4, 0.5) is 10.1 Å². The molecule has 110 valence electrons. The fraction of sp³-hybridized carbons (Fsp3) is 0.200. The van der Waals surface area contributed by atoms with Gasteiger partial charge in [-0.2, -0.15) is 0 Å². The van der Waals surface area contributed by atoms with E-state index in [2.05, 4.69) is 37.2 Å². The van der Waals surface area contributed by atoms with Gasteiger partial charge in [0, 0.05) is 11.0 Å². The number of fused-ring (bicyclic) bond motifs is 1. The van der Waals surface area contributed by atoms with Gasteiger partial charge in [-0.3, -0.25) is 0 Å². The zero-order valence-electron chi connectivity index (χ0n) is 11.0. The molecule has 0 aliphatic carbocycles. The van der Waals surface area contributed by atoms with Crippen molar-refractivity contribution in [2.75, 3.05) is 18.5 Å². The van der Waals surface area contributed by atoms with E-state index in [0.29, 0.717) is 25.4 Å². The molecule has 0 unspecified atom stereocenters. The number of hydrogen-bond donors (Lipinski definition) is 1. The molecule has 0 saturated carbocycles. The Morgan fingerprint density at radius 2 is 1.86 bits per heavy atom. The molecule has 0 atom stereocenters. The van der Waals surface area contributed by atoms with Gasteiger partial charge in [-0.05, 0) is 67.8 Å². The van der Waals surface area contributed by atoms with Crippen LogP contribution in [-0.4, -0.2) is 13.2 Å². The topological polar surface area (TPSA) is 30.5 Å². The fourth-order valence-corrected chi connectivity index (χ4v) is 3.09. The Labute approximate surface area is 138 Å². The molecule has 1 heterocycles. The third-order valence-electron chi connectivity index (χ3n) is 3.07. The molecule has 0 saturated heterocycles. The molecule has 2 aromatic rings. The van der Waals surface area contributed by atoms with Gasteiger partial charge < -0.3 is 14.8 Å². The van der Waals surface area contributed by atoms with Gasteiger partial charge in [0.15, 0.2) is 11.5 Å². The monoisotopic (exact) mass is 415 g/mol. The minimum absolute atomic E-state index is 0.274. The molecule has 2 aromatic carbocycles. The second kappa shape index (κ2) is 6.23. The van der Waals surface area contributed by atoms with Crippen LogP contribution in [-0.2, 0) is 6.54 Å². The van der Waals surface area contributed by atoms with Gasteiger partial charge in [-0.1, -0.05) is 0 Å². The predicted octanol–water partition coefficient (Wildman–Crippen LogP) is 4.73. The maximum absolute atomic E-state index is 13.3. The predicted molar refractivity (Wildman–Crippen MR) is 86.6 cm³/mol. The van der Waals surface area contributed by atoms with E-state index in [9.17, 15) is 4.39 Å². The van der Waals surface area contributed by atoms with E-state index in [1.165, 1.54) is 12.1 Å². The van der Waals surface area contributed by atoms with E-state index in [1.54, 1.807) is 6.07 Å². The number of benzene rings is 2. The first kappa shape index (κ1) is 14.7. The van der Waals surface area contributed by atoms with Crippen LogP contribution in [0.25, 0.3) is 0 Å². The summed E-state index contributed by atoms with van der Waals surface area (Å²) in [5, 5.41) is 3.20. The molecule has 0 fully saturated rings. The SMILES string of the molecule is Fc1ccc(Br)c(NCc2cc(Br)c3c(c2)OCCO3)c1. The number of rotatable bonds is 3. The number of hydrogen-bond acceptors (Lipinski definition) is 3. The summed E-state index contributed by atoms with van der Waals surface area (Å²) in [4.78, 5) is 0. The van der Waals surface area contributed by atoms with E-state index in [4.69, 9.17) is 9.47 Å². The van der Waals surface area contributed by atoms with Crippen molar-refractivity contribution < 1.29 is 13.9 Å². The minimum atomic E-state index is -0.274. The third-order valence-corrected chi connectivity index (χ3v) is 4.35. The highest BCUT2D eigenvalue weighted by Crippen LogP contribution is 2.38. The second-order valence-corrected chi connectivity index (χ2v) is 6.29. The number of ether oxygens (including phenoxy) is 2. The smallest absolute Gasteiger partial charge is 0.175 e. The molecule has 0 spiro atoms. The maximum atomic E-state index is 13.3. The fourth-order valence-electron chi connectivity index (χ4n) is 2.10. The standard InChI is InChI=1S/C15H12Br2FNO2/c16-11-2-1-10(18)7-13(11)19-8-9-5-12(17)15-14(6-9)20-3-4-21-15/h1-2,5-7,19H,3-4,8H2. The van der Waals surface area contributed by atoms with Crippen LogP contribution in [0.1, 0.15) is 5.56 Å². The Bertz CT molecular complexity index is 679. The first-order chi connectivity index (χ1) is 10.1. The Morgan fingerprint density at radius 1 is 1.05 bits per heavy atom. The molecule has 1 aliphatic heterocycles. The summed E-state index contributed by atoms with van der Waals surface area (Å²) in [5.41, 5.74) is 1.73. The molecule has 3 nitrogen and oxygen atoms in total.